The van der Waals surface area contributed by atoms with Crippen LogP contribution in [0.1, 0.15) is 16.1 Å². The van der Waals surface area contributed by atoms with E-state index in [0.717, 1.165) is 0 Å². The minimum Gasteiger partial charge on any atom is -0.477 e. The number of sulfonamides is 1. The molecule has 1 aromatic rings. The second-order valence-electron chi connectivity index (χ2n) is 3.10. The molecule has 7 nitrogen and oxygen atoms in total. The second-order valence-corrected chi connectivity index (χ2v) is 4.90. The molecule has 0 bridgehead atoms. The molecule has 8 heteroatoms. The molecule has 0 saturated heterocycles. The zero-order valence-electron chi connectivity index (χ0n) is 8.62. The molecule has 1 heterocycles. The van der Waals surface area contributed by atoms with Crippen LogP contribution in [0.5, 0.6) is 0 Å². The van der Waals surface area contributed by atoms with Gasteiger partial charge in [-0.05, 0) is 11.6 Å². The van der Waals surface area contributed by atoms with Gasteiger partial charge < -0.3 is 5.11 Å². The fourth-order valence-corrected chi connectivity index (χ4v) is 1.64. The number of carboxylic acids is 1. The first-order valence-electron chi connectivity index (χ1n) is 4.47. The quantitative estimate of drug-likeness (QED) is 0.746. The minimum atomic E-state index is -3.61. The maximum absolute atomic E-state index is 11.1. The van der Waals surface area contributed by atoms with Crippen molar-refractivity contribution in [3.05, 3.63) is 29.6 Å². The highest BCUT2D eigenvalue weighted by molar-refractivity contribution is 7.89. The number of rotatable bonds is 5. The molecule has 0 aliphatic rings. The molecule has 17 heavy (non-hydrogen) atoms. The van der Waals surface area contributed by atoms with Gasteiger partial charge in [0, 0.05) is 12.7 Å². The molecule has 2 N–H and O–H groups in total. The third-order valence-corrected chi connectivity index (χ3v) is 2.89. The van der Waals surface area contributed by atoms with Crippen molar-refractivity contribution in [2.24, 2.45) is 0 Å². The molecule has 0 amide bonds. The topological polar surface area (TPSA) is 120 Å². The number of pyridine rings is 1. The smallest absolute Gasteiger partial charge is 0.354 e. The van der Waals surface area contributed by atoms with Crippen LogP contribution >= 0.6 is 0 Å². The van der Waals surface area contributed by atoms with Crippen molar-refractivity contribution >= 4 is 16.0 Å². The lowest BCUT2D eigenvalue weighted by Crippen LogP contribution is -2.25. The van der Waals surface area contributed by atoms with Crippen molar-refractivity contribution in [1.82, 2.24) is 9.71 Å². The van der Waals surface area contributed by atoms with Crippen LogP contribution in [0, 0.1) is 11.3 Å². The highest BCUT2D eigenvalue weighted by Crippen LogP contribution is 2.01. The van der Waals surface area contributed by atoms with E-state index in [0.29, 0.717) is 5.56 Å². The maximum Gasteiger partial charge on any atom is 0.354 e. The van der Waals surface area contributed by atoms with E-state index < -0.39 is 21.7 Å². The van der Waals surface area contributed by atoms with Gasteiger partial charge in [-0.3, -0.25) is 0 Å². The van der Waals surface area contributed by atoms with E-state index >= 15 is 0 Å². The summed E-state index contributed by atoms with van der Waals surface area (Å²) in [7, 11) is -3.61. The van der Waals surface area contributed by atoms with Gasteiger partial charge in [0.15, 0.2) is 5.75 Å². The van der Waals surface area contributed by atoms with Crippen LogP contribution in [0.3, 0.4) is 0 Å². The van der Waals surface area contributed by atoms with Crippen molar-refractivity contribution in [2.45, 2.75) is 6.54 Å². The van der Waals surface area contributed by atoms with Gasteiger partial charge in [-0.2, -0.15) is 5.26 Å². The SMILES string of the molecule is N#CCS(=O)(=O)NCc1ccc(C(=O)O)nc1. The van der Waals surface area contributed by atoms with E-state index in [-0.39, 0.29) is 12.2 Å². The van der Waals surface area contributed by atoms with Gasteiger partial charge in [0.25, 0.3) is 0 Å². The van der Waals surface area contributed by atoms with Crippen molar-refractivity contribution in [1.29, 1.82) is 5.26 Å². The Morgan fingerprint density at radius 3 is 2.71 bits per heavy atom. The lowest BCUT2D eigenvalue weighted by molar-refractivity contribution is 0.0690. The first kappa shape index (κ1) is 13.1. The monoisotopic (exact) mass is 255 g/mol. The standard InChI is InChI=1S/C9H9N3O4S/c10-3-4-17(15,16)12-6-7-1-2-8(9(13)14)11-5-7/h1-2,5,12H,4,6H2,(H,13,14). The largest absolute Gasteiger partial charge is 0.477 e. The Balaban J connectivity index is 2.65. The molecule has 1 rings (SSSR count). The Kier molecular flexibility index (Phi) is 4.14. The van der Waals surface area contributed by atoms with Crippen LogP contribution in [-0.4, -0.2) is 30.2 Å². The third kappa shape index (κ3) is 4.18. The summed E-state index contributed by atoms with van der Waals surface area (Å²) in [5.41, 5.74) is 0.394. The van der Waals surface area contributed by atoms with E-state index in [9.17, 15) is 13.2 Å². The van der Waals surface area contributed by atoms with Gasteiger partial charge >= 0.3 is 5.97 Å². The minimum absolute atomic E-state index is 0.0308. The fourth-order valence-electron chi connectivity index (χ4n) is 0.985. The molecule has 0 aliphatic carbocycles. The Morgan fingerprint density at radius 2 is 2.24 bits per heavy atom. The Bertz CT molecular complexity index is 545. The summed E-state index contributed by atoms with van der Waals surface area (Å²) in [5.74, 6) is -1.77. The molecule has 0 spiro atoms. The van der Waals surface area contributed by atoms with Crippen LogP contribution in [0.4, 0.5) is 0 Å². The van der Waals surface area contributed by atoms with Crippen molar-refractivity contribution < 1.29 is 18.3 Å². The van der Waals surface area contributed by atoms with Crippen molar-refractivity contribution in [2.75, 3.05) is 5.75 Å². The summed E-state index contributed by atoms with van der Waals surface area (Å²) >= 11 is 0. The number of carboxylic acid groups (broad SMARTS) is 1. The lowest BCUT2D eigenvalue weighted by Gasteiger charge is -2.03. The van der Waals surface area contributed by atoms with Gasteiger partial charge in [0.2, 0.25) is 10.0 Å². The zero-order chi connectivity index (χ0) is 12.9. The van der Waals surface area contributed by atoms with E-state index in [1.807, 2.05) is 0 Å². The molecular weight excluding hydrogens is 246 g/mol. The molecule has 0 radical (unpaired) electrons. The first-order valence-corrected chi connectivity index (χ1v) is 6.12. The number of hydrogen-bond acceptors (Lipinski definition) is 5. The van der Waals surface area contributed by atoms with Crippen LogP contribution in [0.15, 0.2) is 18.3 Å². The summed E-state index contributed by atoms with van der Waals surface area (Å²) < 4.78 is 24.4. The van der Waals surface area contributed by atoms with Crippen LogP contribution < -0.4 is 4.72 Å². The Hall–Kier alpha value is -1.98. The second kappa shape index (κ2) is 5.38. The number of hydrogen-bond donors (Lipinski definition) is 2. The predicted molar refractivity (Wildman–Crippen MR) is 57.4 cm³/mol. The predicted octanol–water partition coefficient (Wildman–Crippen LogP) is -0.277. The molecule has 0 saturated carbocycles. The molecule has 0 aliphatic heterocycles. The first-order chi connectivity index (χ1) is 7.94. The summed E-state index contributed by atoms with van der Waals surface area (Å²) in [6.45, 7) is -0.0308. The average molecular weight is 255 g/mol. The third-order valence-electron chi connectivity index (χ3n) is 1.79. The molecular formula is C9H9N3O4S. The molecule has 0 fully saturated rings. The average Bonchev–Trinajstić information content (AvgIpc) is 2.27. The van der Waals surface area contributed by atoms with Crippen LogP contribution in [0.25, 0.3) is 0 Å². The van der Waals surface area contributed by atoms with Gasteiger partial charge in [-0.15, -0.1) is 0 Å². The van der Waals surface area contributed by atoms with E-state index in [4.69, 9.17) is 10.4 Å². The van der Waals surface area contributed by atoms with Gasteiger partial charge in [0.05, 0.1) is 6.07 Å². The summed E-state index contributed by atoms with van der Waals surface area (Å²) in [5, 5.41) is 16.8. The number of carbonyl (C=O) groups is 1. The summed E-state index contributed by atoms with van der Waals surface area (Å²) in [6.07, 6.45) is 1.26. The van der Waals surface area contributed by atoms with Gasteiger partial charge in [-0.25, -0.2) is 22.9 Å². The number of nitrogens with one attached hydrogen (secondary N) is 1. The molecule has 0 atom stereocenters. The van der Waals surface area contributed by atoms with Gasteiger partial charge in [-0.1, -0.05) is 6.07 Å². The Morgan fingerprint density at radius 1 is 1.53 bits per heavy atom. The van der Waals surface area contributed by atoms with E-state index in [2.05, 4.69) is 9.71 Å². The highest BCUT2D eigenvalue weighted by atomic mass is 32.2. The summed E-state index contributed by atoms with van der Waals surface area (Å²) in [6, 6.07) is 4.25. The molecule has 0 unspecified atom stereocenters. The van der Waals surface area contributed by atoms with Crippen LogP contribution in [-0.2, 0) is 16.6 Å². The highest BCUT2D eigenvalue weighted by Gasteiger charge is 2.09. The maximum atomic E-state index is 11.1. The van der Waals surface area contributed by atoms with Crippen molar-refractivity contribution in [3.63, 3.8) is 0 Å². The molecule has 90 valence electrons. The van der Waals surface area contributed by atoms with Crippen molar-refractivity contribution in [3.8, 4) is 6.07 Å². The number of aromatic nitrogens is 1. The molecule has 0 aromatic carbocycles. The Labute approximate surface area is 97.8 Å². The van der Waals surface area contributed by atoms with E-state index in [1.165, 1.54) is 24.4 Å². The molecule has 1 aromatic heterocycles. The summed E-state index contributed by atoms with van der Waals surface area (Å²) in [4.78, 5) is 14.1. The van der Waals surface area contributed by atoms with E-state index in [1.54, 1.807) is 0 Å². The fraction of sp³-hybridized carbons (Fsp3) is 0.222. The zero-order valence-corrected chi connectivity index (χ0v) is 9.44. The number of nitriles is 1. The lowest BCUT2D eigenvalue weighted by atomic mass is 10.2. The number of nitrogens with zero attached hydrogens (tertiary/aromatic N) is 2. The van der Waals surface area contributed by atoms with Crippen LogP contribution in [0.2, 0.25) is 0 Å². The van der Waals surface area contributed by atoms with Gasteiger partial charge in [0.1, 0.15) is 5.69 Å². The number of aromatic carboxylic acids is 1. The normalized spacial score (nSPS) is 10.8.